The van der Waals surface area contributed by atoms with Gasteiger partial charge < -0.3 is 4.74 Å². The zero-order valence-corrected chi connectivity index (χ0v) is 16.4. The van der Waals surface area contributed by atoms with E-state index in [1.54, 1.807) is 0 Å². The summed E-state index contributed by atoms with van der Waals surface area (Å²) in [6, 6.07) is 18.8. The highest BCUT2D eigenvalue weighted by Crippen LogP contribution is 2.26. The van der Waals surface area contributed by atoms with Crippen LogP contribution in [0.5, 0.6) is 0 Å². The van der Waals surface area contributed by atoms with Gasteiger partial charge in [-0.25, -0.2) is 4.98 Å². The zero-order chi connectivity index (χ0) is 19.3. The average Bonchev–Trinajstić information content (AvgIpc) is 2.75. The van der Waals surface area contributed by atoms with E-state index < -0.39 is 0 Å². The summed E-state index contributed by atoms with van der Waals surface area (Å²) >= 11 is 0. The maximum atomic E-state index is 11.7. The molecule has 1 fully saturated rings. The minimum absolute atomic E-state index is 0.268. The summed E-state index contributed by atoms with van der Waals surface area (Å²) in [5.41, 5.74) is 5.45. The van der Waals surface area contributed by atoms with E-state index >= 15 is 0 Å². The fourth-order valence-corrected chi connectivity index (χ4v) is 3.67. The summed E-state index contributed by atoms with van der Waals surface area (Å²) in [7, 11) is 0. The van der Waals surface area contributed by atoms with Crippen molar-refractivity contribution in [3.8, 4) is 11.3 Å². The Balaban J connectivity index is 1.66. The molecule has 0 unspecified atom stereocenters. The topological polar surface area (TPSA) is 42.4 Å². The molecule has 1 aliphatic heterocycles. The molecule has 0 bridgehead atoms. The van der Waals surface area contributed by atoms with Gasteiger partial charge in [0.25, 0.3) is 0 Å². The highest BCUT2D eigenvalue weighted by molar-refractivity contribution is 5.85. The van der Waals surface area contributed by atoms with Crippen molar-refractivity contribution in [1.29, 1.82) is 0 Å². The normalized spacial score (nSPS) is 15.0. The third-order valence-electron chi connectivity index (χ3n) is 5.34. The lowest BCUT2D eigenvalue weighted by Gasteiger charge is -2.27. The number of benzene rings is 2. The Bertz CT molecular complexity index is 960. The Morgan fingerprint density at radius 1 is 1.07 bits per heavy atom. The maximum absolute atomic E-state index is 11.7. The van der Waals surface area contributed by atoms with Crippen molar-refractivity contribution in [3.63, 3.8) is 0 Å². The molecule has 0 N–H and O–H groups in total. The summed E-state index contributed by atoms with van der Waals surface area (Å²) in [5.74, 6) is 0.268. The van der Waals surface area contributed by atoms with Crippen LogP contribution in [0, 0.1) is 0 Å². The van der Waals surface area contributed by atoms with Crippen LogP contribution in [-0.4, -0.2) is 42.0 Å². The van der Waals surface area contributed by atoms with Gasteiger partial charge in [-0.15, -0.1) is 0 Å². The van der Waals surface area contributed by atoms with Crippen LogP contribution in [0.3, 0.4) is 0 Å². The molecule has 1 aromatic heterocycles. The average molecular weight is 374 g/mol. The van der Waals surface area contributed by atoms with Crippen molar-refractivity contribution >= 4 is 16.7 Å². The number of para-hydroxylation sites is 1. The monoisotopic (exact) mass is 374 g/mol. The van der Waals surface area contributed by atoms with Crippen LogP contribution >= 0.6 is 0 Å². The van der Waals surface area contributed by atoms with Gasteiger partial charge in [0.15, 0.2) is 0 Å². The van der Waals surface area contributed by atoms with E-state index in [1.165, 1.54) is 10.9 Å². The lowest BCUT2D eigenvalue weighted by molar-refractivity contribution is -0.118. The Morgan fingerprint density at radius 3 is 2.57 bits per heavy atom. The zero-order valence-electron chi connectivity index (χ0n) is 16.4. The second kappa shape index (κ2) is 8.63. The second-order valence-electron chi connectivity index (χ2n) is 7.34. The number of carbonyl (C=O) groups excluding carboxylic acids is 1. The van der Waals surface area contributed by atoms with E-state index in [0.717, 1.165) is 55.2 Å². The number of rotatable bonds is 6. The second-order valence-corrected chi connectivity index (χ2v) is 7.34. The SMILES string of the molecule is CCC(=O)Cc1ccc(-c2cc(CN3CCOCC3)c3ccccc3n2)cc1. The Morgan fingerprint density at radius 2 is 1.82 bits per heavy atom. The number of nitrogens with zero attached hydrogens (tertiary/aromatic N) is 2. The number of carbonyl (C=O) groups is 1. The van der Waals surface area contributed by atoms with Gasteiger partial charge in [-0.1, -0.05) is 49.4 Å². The molecule has 0 saturated carbocycles. The molecular weight excluding hydrogens is 348 g/mol. The molecule has 28 heavy (non-hydrogen) atoms. The summed E-state index contributed by atoms with van der Waals surface area (Å²) < 4.78 is 5.49. The first-order chi connectivity index (χ1) is 13.7. The fraction of sp³-hybridized carbons (Fsp3) is 0.333. The molecule has 0 spiro atoms. The van der Waals surface area contributed by atoms with Crippen LogP contribution in [0.1, 0.15) is 24.5 Å². The van der Waals surface area contributed by atoms with Gasteiger partial charge in [0.1, 0.15) is 5.78 Å². The highest BCUT2D eigenvalue weighted by atomic mass is 16.5. The standard InChI is InChI=1S/C24H26N2O2/c1-2-21(27)15-18-7-9-19(10-8-18)24-16-20(17-26-11-13-28-14-12-26)22-5-3-4-6-23(22)25-24/h3-10,16H,2,11-15,17H2,1H3. The van der Waals surface area contributed by atoms with Gasteiger partial charge in [-0.2, -0.15) is 0 Å². The molecule has 2 heterocycles. The maximum Gasteiger partial charge on any atom is 0.136 e. The molecule has 4 rings (SSSR count). The first-order valence-electron chi connectivity index (χ1n) is 10.0. The molecule has 0 amide bonds. The lowest BCUT2D eigenvalue weighted by atomic mass is 10.0. The number of Topliss-reactive ketones (excluding diaryl/α,β-unsaturated/α-hetero) is 1. The molecule has 1 saturated heterocycles. The molecule has 4 heteroatoms. The molecule has 4 nitrogen and oxygen atoms in total. The van der Waals surface area contributed by atoms with Crippen molar-refractivity contribution in [2.75, 3.05) is 26.3 Å². The van der Waals surface area contributed by atoms with Crippen LogP contribution in [0.25, 0.3) is 22.2 Å². The van der Waals surface area contributed by atoms with E-state index in [2.05, 4.69) is 41.3 Å². The third-order valence-corrected chi connectivity index (χ3v) is 5.34. The minimum atomic E-state index is 0.268. The van der Waals surface area contributed by atoms with Crippen molar-refractivity contribution in [3.05, 3.63) is 65.7 Å². The summed E-state index contributed by atoms with van der Waals surface area (Å²) in [6.45, 7) is 6.34. The molecular formula is C24H26N2O2. The van der Waals surface area contributed by atoms with Crippen LogP contribution in [0.4, 0.5) is 0 Å². The number of aromatic nitrogens is 1. The van der Waals surface area contributed by atoms with E-state index in [1.807, 2.05) is 25.1 Å². The van der Waals surface area contributed by atoms with Crippen LogP contribution in [0.15, 0.2) is 54.6 Å². The van der Waals surface area contributed by atoms with Gasteiger partial charge in [-0.3, -0.25) is 9.69 Å². The van der Waals surface area contributed by atoms with Crippen molar-refractivity contribution in [2.24, 2.45) is 0 Å². The van der Waals surface area contributed by atoms with Crippen molar-refractivity contribution in [2.45, 2.75) is 26.3 Å². The van der Waals surface area contributed by atoms with Gasteiger partial charge in [-0.05, 0) is 23.3 Å². The number of fused-ring (bicyclic) bond motifs is 1. The number of ketones is 1. The van der Waals surface area contributed by atoms with E-state index in [-0.39, 0.29) is 5.78 Å². The fourth-order valence-electron chi connectivity index (χ4n) is 3.67. The van der Waals surface area contributed by atoms with Crippen LogP contribution in [-0.2, 0) is 22.5 Å². The van der Waals surface area contributed by atoms with Gasteiger partial charge in [0.05, 0.1) is 24.4 Å². The third kappa shape index (κ3) is 4.29. The number of ether oxygens (including phenoxy) is 1. The predicted molar refractivity (Wildman–Crippen MR) is 112 cm³/mol. The molecule has 0 radical (unpaired) electrons. The highest BCUT2D eigenvalue weighted by Gasteiger charge is 2.14. The Hall–Kier alpha value is -2.56. The van der Waals surface area contributed by atoms with Crippen LogP contribution < -0.4 is 0 Å². The summed E-state index contributed by atoms with van der Waals surface area (Å²) in [4.78, 5) is 19.0. The molecule has 144 valence electrons. The first-order valence-corrected chi connectivity index (χ1v) is 10.0. The Kier molecular flexibility index (Phi) is 5.79. The molecule has 2 aromatic carbocycles. The quantitative estimate of drug-likeness (QED) is 0.647. The van der Waals surface area contributed by atoms with Crippen molar-refractivity contribution < 1.29 is 9.53 Å². The molecule has 1 aliphatic rings. The lowest BCUT2D eigenvalue weighted by Crippen LogP contribution is -2.35. The number of hydrogen-bond acceptors (Lipinski definition) is 4. The van der Waals surface area contributed by atoms with Gasteiger partial charge >= 0.3 is 0 Å². The van der Waals surface area contributed by atoms with Crippen LogP contribution in [0.2, 0.25) is 0 Å². The largest absolute Gasteiger partial charge is 0.379 e. The van der Waals surface area contributed by atoms with E-state index in [0.29, 0.717) is 12.8 Å². The van der Waals surface area contributed by atoms with Gasteiger partial charge in [0.2, 0.25) is 0 Å². The van der Waals surface area contributed by atoms with E-state index in [4.69, 9.17) is 9.72 Å². The minimum Gasteiger partial charge on any atom is -0.379 e. The number of pyridine rings is 1. The summed E-state index contributed by atoms with van der Waals surface area (Å²) in [6.07, 6.45) is 1.09. The number of morpholine rings is 1. The first kappa shape index (κ1) is 18.8. The predicted octanol–water partition coefficient (Wildman–Crippen LogP) is 4.26. The molecule has 0 aliphatic carbocycles. The smallest absolute Gasteiger partial charge is 0.136 e. The number of hydrogen-bond donors (Lipinski definition) is 0. The molecule has 3 aromatic rings. The van der Waals surface area contributed by atoms with Gasteiger partial charge in [0, 0.05) is 43.4 Å². The van der Waals surface area contributed by atoms with Crippen molar-refractivity contribution in [1.82, 2.24) is 9.88 Å². The summed E-state index contributed by atoms with van der Waals surface area (Å²) in [5, 5.41) is 1.21. The molecule has 0 atom stereocenters. The Labute approximate surface area is 166 Å². The van der Waals surface area contributed by atoms with E-state index in [9.17, 15) is 4.79 Å².